The summed E-state index contributed by atoms with van der Waals surface area (Å²) in [5.41, 5.74) is 5.42. The third-order valence-electron chi connectivity index (χ3n) is 2.81. The zero-order chi connectivity index (χ0) is 13.7. The first-order valence-electron chi connectivity index (χ1n) is 5.63. The van der Waals surface area contributed by atoms with Gasteiger partial charge in [0.1, 0.15) is 6.04 Å². The SMILES string of the molecule is NC(CS)C(=O)NCC(=O)N1CCCC1C(=O)O. The van der Waals surface area contributed by atoms with Crippen molar-refractivity contribution in [3.63, 3.8) is 0 Å². The number of nitrogens with one attached hydrogen (secondary N) is 1. The van der Waals surface area contributed by atoms with Crippen LogP contribution >= 0.6 is 12.6 Å². The number of hydrogen-bond donors (Lipinski definition) is 4. The van der Waals surface area contributed by atoms with Gasteiger partial charge in [-0.1, -0.05) is 0 Å². The largest absolute Gasteiger partial charge is 0.480 e. The van der Waals surface area contributed by atoms with Gasteiger partial charge >= 0.3 is 5.97 Å². The highest BCUT2D eigenvalue weighted by atomic mass is 32.1. The Labute approximate surface area is 110 Å². The molecule has 7 nitrogen and oxygen atoms in total. The number of amides is 2. The molecule has 102 valence electrons. The van der Waals surface area contributed by atoms with Gasteiger partial charge in [0.2, 0.25) is 11.8 Å². The molecule has 1 heterocycles. The predicted octanol–water partition coefficient (Wildman–Crippen LogP) is -1.56. The second-order valence-corrected chi connectivity index (χ2v) is 4.46. The van der Waals surface area contributed by atoms with Crippen LogP contribution in [0.4, 0.5) is 0 Å². The Hall–Kier alpha value is -1.28. The Morgan fingerprint density at radius 1 is 1.50 bits per heavy atom. The minimum absolute atomic E-state index is 0.182. The van der Waals surface area contributed by atoms with Crippen LogP contribution < -0.4 is 11.1 Å². The highest BCUT2D eigenvalue weighted by Gasteiger charge is 2.33. The summed E-state index contributed by atoms with van der Waals surface area (Å²) in [5.74, 6) is -1.70. The molecule has 2 amide bonds. The number of thiol groups is 1. The molecule has 18 heavy (non-hydrogen) atoms. The van der Waals surface area contributed by atoms with E-state index in [1.54, 1.807) is 0 Å². The van der Waals surface area contributed by atoms with E-state index in [-0.39, 0.29) is 12.3 Å². The lowest BCUT2D eigenvalue weighted by molar-refractivity contribution is -0.148. The number of carboxylic acid groups (broad SMARTS) is 1. The predicted molar refractivity (Wildman–Crippen MR) is 67.2 cm³/mol. The number of nitrogens with two attached hydrogens (primary N) is 1. The average Bonchev–Trinajstić information content (AvgIpc) is 2.83. The topological polar surface area (TPSA) is 113 Å². The number of rotatable bonds is 5. The minimum atomic E-state index is -1.01. The maximum absolute atomic E-state index is 11.8. The van der Waals surface area contributed by atoms with E-state index in [4.69, 9.17) is 10.8 Å². The van der Waals surface area contributed by atoms with Crippen molar-refractivity contribution in [3.8, 4) is 0 Å². The third kappa shape index (κ3) is 3.61. The summed E-state index contributed by atoms with van der Waals surface area (Å²) in [6.45, 7) is 0.175. The summed E-state index contributed by atoms with van der Waals surface area (Å²) in [4.78, 5) is 35.3. The molecule has 0 aliphatic carbocycles. The van der Waals surface area contributed by atoms with Crippen molar-refractivity contribution in [3.05, 3.63) is 0 Å². The van der Waals surface area contributed by atoms with E-state index in [1.807, 2.05) is 0 Å². The fourth-order valence-corrected chi connectivity index (χ4v) is 1.97. The number of carbonyl (C=O) groups is 3. The van der Waals surface area contributed by atoms with Gasteiger partial charge in [-0.15, -0.1) is 0 Å². The van der Waals surface area contributed by atoms with E-state index < -0.39 is 29.9 Å². The summed E-state index contributed by atoms with van der Waals surface area (Å²) in [5, 5.41) is 11.3. The van der Waals surface area contributed by atoms with Crippen LogP contribution in [0, 0.1) is 0 Å². The second kappa shape index (κ2) is 6.60. The Balaban J connectivity index is 2.46. The molecule has 0 bridgehead atoms. The van der Waals surface area contributed by atoms with Crippen molar-refractivity contribution < 1.29 is 19.5 Å². The standard InChI is InChI=1S/C10H17N3O4S/c11-6(5-18)9(15)12-4-8(14)13-3-1-2-7(13)10(16)17/h6-7,18H,1-5,11H2,(H,12,15)(H,16,17). The van der Waals surface area contributed by atoms with Gasteiger partial charge in [0, 0.05) is 12.3 Å². The molecule has 0 saturated carbocycles. The summed E-state index contributed by atoms with van der Waals surface area (Å²) < 4.78 is 0. The highest BCUT2D eigenvalue weighted by Crippen LogP contribution is 2.17. The summed E-state index contributed by atoms with van der Waals surface area (Å²) >= 11 is 3.87. The molecule has 4 N–H and O–H groups in total. The molecule has 1 fully saturated rings. The zero-order valence-corrected chi connectivity index (χ0v) is 10.7. The molecule has 0 aromatic heterocycles. The van der Waals surface area contributed by atoms with E-state index in [0.29, 0.717) is 19.4 Å². The molecule has 0 aromatic carbocycles. The number of aliphatic carboxylic acids is 1. The highest BCUT2D eigenvalue weighted by molar-refractivity contribution is 7.80. The van der Waals surface area contributed by atoms with Gasteiger partial charge in [-0.25, -0.2) is 4.79 Å². The van der Waals surface area contributed by atoms with Crippen molar-refractivity contribution in [2.45, 2.75) is 24.9 Å². The molecule has 2 unspecified atom stereocenters. The first kappa shape index (κ1) is 14.8. The maximum atomic E-state index is 11.8. The molecule has 8 heteroatoms. The van der Waals surface area contributed by atoms with Crippen LogP contribution in [0.15, 0.2) is 0 Å². The lowest BCUT2D eigenvalue weighted by Crippen LogP contribution is -2.49. The normalized spacial score (nSPS) is 20.6. The number of carbonyl (C=O) groups excluding carboxylic acids is 2. The summed E-state index contributed by atoms with van der Waals surface area (Å²) in [6, 6.07) is -1.55. The summed E-state index contributed by atoms with van der Waals surface area (Å²) in [6.07, 6.45) is 1.11. The van der Waals surface area contributed by atoms with Crippen molar-refractivity contribution in [1.29, 1.82) is 0 Å². The molecule has 0 radical (unpaired) electrons. The monoisotopic (exact) mass is 275 g/mol. The fourth-order valence-electron chi connectivity index (χ4n) is 1.80. The number of likely N-dealkylation sites (tertiary alicyclic amines) is 1. The third-order valence-corrected chi connectivity index (χ3v) is 3.20. The van der Waals surface area contributed by atoms with Gasteiger partial charge in [-0.3, -0.25) is 9.59 Å². The molecule has 1 aliphatic rings. The number of nitrogens with zero attached hydrogens (tertiary/aromatic N) is 1. The number of hydrogen-bond acceptors (Lipinski definition) is 5. The maximum Gasteiger partial charge on any atom is 0.326 e. The lowest BCUT2D eigenvalue weighted by atomic mass is 10.2. The molecular formula is C10H17N3O4S. The Morgan fingerprint density at radius 3 is 2.72 bits per heavy atom. The van der Waals surface area contributed by atoms with Gasteiger partial charge in [0.05, 0.1) is 12.6 Å². The Kier molecular flexibility index (Phi) is 5.42. The Morgan fingerprint density at radius 2 is 2.17 bits per heavy atom. The number of carboxylic acids is 1. The van der Waals surface area contributed by atoms with Crippen LogP contribution in [0.5, 0.6) is 0 Å². The molecule has 1 aliphatic heterocycles. The molecule has 1 rings (SSSR count). The van der Waals surface area contributed by atoms with E-state index in [0.717, 1.165) is 0 Å². The first-order chi connectivity index (χ1) is 8.47. The summed E-state index contributed by atoms with van der Waals surface area (Å²) in [7, 11) is 0. The molecule has 0 aromatic rings. The van der Waals surface area contributed by atoms with Crippen LogP contribution in [-0.2, 0) is 14.4 Å². The molecule has 2 atom stereocenters. The first-order valence-corrected chi connectivity index (χ1v) is 6.27. The fraction of sp³-hybridized carbons (Fsp3) is 0.700. The van der Waals surface area contributed by atoms with Gasteiger partial charge in [-0.2, -0.15) is 12.6 Å². The van der Waals surface area contributed by atoms with Crippen molar-refractivity contribution in [2.75, 3.05) is 18.8 Å². The van der Waals surface area contributed by atoms with E-state index in [1.165, 1.54) is 4.90 Å². The second-order valence-electron chi connectivity index (χ2n) is 4.09. The van der Waals surface area contributed by atoms with E-state index in [2.05, 4.69) is 17.9 Å². The Bertz CT molecular complexity index is 350. The molecule has 0 spiro atoms. The van der Waals surface area contributed by atoms with Crippen LogP contribution in [-0.4, -0.2) is 58.7 Å². The van der Waals surface area contributed by atoms with Crippen LogP contribution in [0.2, 0.25) is 0 Å². The van der Waals surface area contributed by atoms with Gasteiger partial charge in [0.25, 0.3) is 0 Å². The van der Waals surface area contributed by atoms with Crippen molar-refractivity contribution in [2.24, 2.45) is 5.73 Å². The van der Waals surface area contributed by atoms with E-state index in [9.17, 15) is 14.4 Å². The lowest BCUT2D eigenvalue weighted by Gasteiger charge is -2.21. The molecule has 1 saturated heterocycles. The van der Waals surface area contributed by atoms with Crippen LogP contribution in [0.1, 0.15) is 12.8 Å². The van der Waals surface area contributed by atoms with Crippen LogP contribution in [0.3, 0.4) is 0 Å². The van der Waals surface area contributed by atoms with Crippen molar-refractivity contribution in [1.82, 2.24) is 10.2 Å². The van der Waals surface area contributed by atoms with Crippen LogP contribution in [0.25, 0.3) is 0 Å². The quantitative estimate of drug-likeness (QED) is 0.453. The van der Waals surface area contributed by atoms with E-state index >= 15 is 0 Å². The minimum Gasteiger partial charge on any atom is -0.480 e. The van der Waals surface area contributed by atoms with Gasteiger partial charge in [0.15, 0.2) is 0 Å². The van der Waals surface area contributed by atoms with Gasteiger partial charge in [-0.05, 0) is 12.8 Å². The van der Waals surface area contributed by atoms with Gasteiger partial charge < -0.3 is 21.1 Å². The smallest absolute Gasteiger partial charge is 0.326 e. The van der Waals surface area contributed by atoms with Crippen molar-refractivity contribution >= 4 is 30.4 Å². The average molecular weight is 275 g/mol. The molecular weight excluding hydrogens is 258 g/mol. The zero-order valence-electron chi connectivity index (χ0n) is 9.83.